The van der Waals surface area contributed by atoms with Crippen molar-refractivity contribution in [2.45, 2.75) is 13.3 Å². The molecule has 1 aromatic carbocycles. The number of fused-ring (bicyclic) bond motifs is 3. The van der Waals surface area contributed by atoms with Gasteiger partial charge in [0.05, 0.1) is 0 Å². The predicted octanol–water partition coefficient (Wildman–Crippen LogP) is 2.96. The Morgan fingerprint density at radius 1 is 1.14 bits per heavy atom. The van der Waals surface area contributed by atoms with E-state index in [1.807, 2.05) is 12.4 Å². The molecule has 0 spiro atoms. The van der Waals surface area contributed by atoms with Crippen LogP contribution in [0.5, 0.6) is 0 Å². The Labute approximate surface area is 83.4 Å². The van der Waals surface area contributed by atoms with Crippen molar-refractivity contribution >= 4 is 0 Å². The fourth-order valence-electron chi connectivity index (χ4n) is 2.27. The molecule has 1 nitrogen and oxygen atoms in total. The summed E-state index contributed by atoms with van der Waals surface area (Å²) in [5, 5.41) is 0. The molecule has 0 fully saturated rings. The van der Waals surface area contributed by atoms with E-state index in [0.29, 0.717) is 0 Å². The topological polar surface area (TPSA) is 12.9 Å². The number of hydrogen-bond acceptors (Lipinski definition) is 1. The maximum Gasteiger partial charge on any atom is 0.0349 e. The summed E-state index contributed by atoms with van der Waals surface area (Å²) in [5.41, 5.74) is 6.92. The van der Waals surface area contributed by atoms with Crippen molar-refractivity contribution in [1.82, 2.24) is 4.98 Å². The average molecular weight is 181 g/mol. The average Bonchev–Trinajstić information content (AvgIpc) is 2.57. The molecular weight excluding hydrogens is 170 g/mol. The standard InChI is InChI=1S/C13H11N/c1-9-3-2-4-11-7-10-5-6-14-8-12(10)13(9)11/h2-6,8H,7H2,1H3. The van der Waals surface area contributed by atoms with Crippen LogP contribution in [0, 0.1) is 6.92 Å². The van der Waals surface area contributed by atoms with E-state index in [9.17, 15) is 0 Å². The first-order valence-electron chi connectivity index (χ1n) is 4.88. The molecule has 0 unspecified atom stereocenters. The number of benzene rings is 1. The highest BCUT2D eigenvalue weighted by molar-refractivity contribution is 5.78. The molecule has 1 aliphatic carbocycles. The van der Waals surface area contributed by atoms with Crippen LogP contribution >= 0.6 is 0 Å². The molecule has 0 bridgehead atoms. The van der Waals surface area contributed by atoms with Gasteiger partial charge in [0.15, 0.2) is 0 Å². The Kier molecular flexibility index (Phi) is 1.48. The van der Waals surface area contributed by atoms with Gasteiger partial charge in [0.25, 0.3) is 0 Å². The van der Waals surface area contributed by atoms with E-state index in [1.165, 1.54) is 27.8 Å². The third-order valence-corrected chi connectivity index (χ3v) is 2.92. The fourth-order valence-corrected chi connectivity index (χ4v) is 2.27. The van der Waals surface area contributed by atoms with Crippen LogP contribution in [0.15, 0.2) is 36.7 Å². The molecule has 1 aliphatic rings. The Morgan fingerprint density at radius 2 is 2.07 bits per heavy atom. The number of pyridine rings is 1. The molecule has 1 heteroatoms. The predicted molar refractivity (Wildman–Crippen MR) is 57.2 cm³/mol. The number of hydrogen-bond donors (Lipinski definition) is 0. The zero-order chi connectivity index (χ0) is 9.54. The minimum Gasteiger partial charge on any atom is -0.264 e. The Hall–Kier alpha value is -1.63. The number of aromatic nitrogens is 1. The van der Waals surface area contributed by atoms with Gasteiger partial charge >= 0.3 is 0 Å². The lowest BCUT2D eigenvalue weighted by Gasteiger charge is -2.03. The van der Waals surface area contributed by atoms with Crippen LogP contribution in [0.1, 0.15) is 16.7 Å². The highest BCUT2D eigenvalue weighted by Crippen LogP contribution is 2.37. The summed E-state index contributed by atoms with van der Waals surface area (Å²) < 4.78 is 0. The molecule has 14 heavy (non-hydrogen) atoms. The molecule has 2 aromatic rings. The molecule has 0 radical (unpaired) electrons. The van der Waals surface area contributed by atoms with E-state index >= 15 is 0 Å². The van der Waals surface area contributed by atoms with Gasteiger partial charge in [-0.25, -0.2) is 0 Å². The van der Waals surface area contributed by atoms with Gasteiger partial charge in [0, 0.05) is 18.0 Å². The summed E-state index contributed by atoms with van der Waals surface area (Å²) in [7, 11) is 0. The van der Waals surface area contributed by atoms with Crippen LogP contribution in [0.4, 0.5) is 0 Å². The Balaban J connectivity index is 2.35. The highest BCUT2D eigenvalue weighted by atomic mass is 14.6. The lowest BCUT2D eigenvalue weighted by molar-refractivity contribution is 1.23. The van der Waals surface area contributed by atoms with Gasteiger partial charge in [0.2, 0.25) is 0 Å². The molecule has 0 amide bonds. The lowest BCUT2D eigenvalue weighted by atomic mass is 10.0. The summed E-state index contributed by atoms with van der Waals surface area (Å²) in [5.74, 6) is 0. The quantitative estimate of drug-likeness (QED) is 0.519. The van der Waals surface area contributed by atoms with E-state index in [-0.39, 0.29) is 0 Å². The first-order valence-corrected chi connectivity index (χ1v) is 4.88. The van der Waals surface area contributed by atoms with E-state index < -0.39 is 0 Å². The number of nitrogens with zero attached hydrogens (tertiary/aromatic N) is 1. The second kappa shape index (κ2) is 2.68. The lowest BCUT2D eigenvalue weighted by Crippen LogP contribution is -1.82. The first kappa shape index (κ1) is 7.74. The van der Waals surface area contributed by atoms with Crippen molar-refractivity contribution in [2.75, 3.05) is 0 Å². The van der Waals surface area contributed by atoms with Crippen molar-refractivity contribution < 1.29 is 0 Å². The molecule has 1 aromatic heterocycles. The van der Waals surface area contributed by atoms with Gasteiger partial charge in [-0.2, -0.15) is 0 Å². The molecular formula is C13H11N. The zero-order valence-corrected chi connectivity index (χ0v) is 8.12. The maximum atomic E-state index is 4.20. The Bertz CT molecular complexity index is 500. The van der Waals surface area contributed by atoms with E-state index in [4.69, 9.17) is 0 Å². The smallest absolute Gasteiger partial charge is 0.0349 e. The minimum atomic E-state index is 1.06. The molecule has 0 saturated heterocycles. The third kappa shape index (κ3) is 0.925. The van der Waals surface area contributed by atoms with E-state index in [2.05, 4.69) is 36.2 Å². The van der Waals surface area contributed by atoms with E-state index in [1.54, 1.807) is 0 Å². The van der Waals surface area contributed by atoms with E-state index in [0.717, 1.165) is 6.42 Å². The van der Waals surface area contributed by atoms with Crippen molar-refractivity contribution in [2.24, 2.45) is 0 Å². The zero-order valence-electron chi connectivity index (χ0n) is 8.12. The van der Waals surface area contributed by atoms with Crippen molar-refractivity contribution in [3.05, 3.63) is 53.3 Å². The monoisotopic (exact) mass is 181 g/mol. The van der Waals surface area contributed by atoms with Crippen LogP contribution < -0.4 is 0 Å². The normalized spacial score (nSPS) is 12.4. The molecule has 0 N–H and O–H groups in total. The first-order chi connectivity index (χ1) is 6.86. The van der Waals surface area contributed by atoms with Crippen LogP contribution in [0.3, 0.4) is 0 Å². The largest absolute Gasteiger partial charge is 0.264 e. The second-order valence-corrected chi connectivity index (χ2v) is 3.82. The summed E-state index contributed by atoms with van der Waals surface area (Å²) in [6.45, 7) is 2.17. The summed E-state index contributed by atoms with van der Waals surface area (Å²) in [4.78, 5) is 4.20. The van der Waals surface area contributed by atoms with Gasteiger partial charge in [0.1, 0.15) is 0 Å². The Morgan fingerprint density at radius 3 is 3.00 bits per heavy atom. The molecule has 1 heterocycles. The van der Waals surface area contributed by atoms with Gasteiger partial charge < -0.3 is 0 Å². The number of aryl methyl sites for hydroxylation is 1. The SMILES string of the molecule is Cc1cccc2c1-c1cnccc1C2. The fraction of sp³-hybridized carbons (Fsp3) is 0.154. The summed E-state index contributed by atoms with van der Waals surface area (Å²) in [6, 6.07) is 8.63. The molecule has 0 atom stereocenters. The summed E-state index contributed by atoms with van der Waals surface area (Å²) >= 11 is 0. The van der Waals surface area contributed by atoms with Crippen LogP contribution in [0.25, 0.3) is 11.1 Å². The molecule has 3 rings (SSSR count). The molecule has 0 saturated carbocycles. The maximum absolute atomic E-state index is 4.20. The summed E-state index contributed by atoms with van der Waals surface area (Å²) in [6.07, 6.45) is 4.92. The van der Waals surface area contributed by atoms with Gasteiger partial charge in [-0.1, -0.05) is 18.2 Å². The van der Waals surface area contributed by atoms with Crippen molar-refractivity contribution in [3.8, 4) is 11.1 Å². The van der Waals surface area contributed by atoms with Gasteiger partial charge in [-0.3, -0.25) is 4.98 Å². The van der Waals surface area contributed by atoms with Crippen LogP contribution in [-0.4, -0.2) is 4.98 Å². The number of rotatable bonds is 0. The minimum absolute atomic E-state index is 1.06. The van der Waals surface area contributed by atoms with Gasteiger partial charge in [-0.15, -0.1) is 0 Å². The van der Waals surface area contributed by atoms with Gasteiger partial charge in [-0.05, 0) is 41.7 Å². The van der Waals surface area contributed by atoms with Crippen LogP contribution in [-0.2, 0) is 6.42 Å². The van der Waals surface area contributed by atoms with Crippen molar-refractivity contribution in [1.29, 1.82) is 0 Å². The molecule has 68 valence electrons. The molecule has 0 aliphatic heterocycles. The van der Waals surface area contributed by atoms with Crippen molar-refractivity contribution in [3.63, 3.8) is 0 Å². The van der Waals surface area contributed by atoms with Crippen LogP contribution in [0.2, 0.25) is 0 Å². The third-order valence-electron chi connectivity index (χ3n) is 2.92. The second-order valence-electron chi connectivity index (χ2n) is 3.82. The highest BCUT2D eigenvalue weighted by Gasteiger charge is 2.18.